The molecule has 0 fully saturated rings. The Kier molecular flexibility index (Phi) is 5.97. The number of hydrogen-bond donors (Lipinski definition) is 1. The Labute approximate surface area is 136 Å². The van der Waals surface area contributed by atoms with Crippen LogP contribution in [0, 0.1) is 0 Å². The molecule has 0 spiro atoms. The molecule has 1 aromatic carbocycles. The molecule has 6 heteroatoms. The summed E-state index contributed by atoms with van der Waals surface area (Å²) in [5.74, 6) is 2.45. The number of nitrogens with zero attached hydrogens (tertiary/aromatic N) is 1. The van der Waals surface area contributed by atoms with E-state index in [2.05, 4.69) is 0 Å². The number of carbonyl (C=O) groups is 1. The van der Waals surface area contributed by atoms with Crippen LogP contribution in [0.4, 0.5) is 0 Å². The highest BCUT2D eigenvalue weighted by Gasteiger charge is 2.22. The first-order valence-corrected chi connectivity index (χ1v) is 8.82. The first kappa shape index (κ1) is 17.0. The van der Waals surface area contributed by atoms with Crippen molar-refractivity contribution in [2.24, 2.45) is 5.73 Å². The third kappa shape index (κ3) is 4.08. The Bertz CT molecular complexity index is 524. The van der Waals surface area contributed by atoms with Crippen LogP contribution in [0.15, 0.2) is 18.2 Å². The molecule has 2 N–H and O–H groups in total. The van der Waals surface area contributed by atoms with Gasteiger partial charge in [-0.15, -0.1) is 0 Å². The Balaban J connectivity index is 1.93. The summed E-state index contributed by atoms with van der Waals surface area (Å²) in [7, 11) is 1.82. The van der Waals surface area contributed by atoms with E-state index in [0.29, 0.717) is 6.42 Å². The molecule has 1 aliphatic rings. The van der Waals surface area contributed by atoms with Crippen molar-refractivity contribution in [1.82, 2.24) is 4.90 Å². The van der Waals surface area contributed by atoms with Gasteiger partial charge in [0.05, 0.1) is 6.04 Å². The van der Waals surface area contributed by atoms with Crippen LogP contribution in [0.2, 0.25) is 0 Å². The van der Waals surface area contributed by atoms with Crippen molar-refractivity contribution in [3.05, 3.63) is 23.8 Å². The Hall–Kier alpha value is -1.40. The Morgan fingerprint density at radius 2 is 2.14 bits per heavy atom. The molecule has 1 aliphatic heterocycles. The summed E-state index contributed by atoms with van der Waals surface area (Å²) < 4.78 is 10.7. The van der Waals surface area contributed by atoms with Gasteiger partial charge in [-0.1, -0.05) is 6.07 Å². The lowest BCUT2D eigenvalue weighted by Crippen LogP contribution is -2.46. The number of amides is 1. The largest absolute Gasteiger partial charge is 0.454 e. The predicted molar refractivity (Wildman–Crippen MR) is 89.5 cm³/mol. The second-order valence-corrected chi connectivity index (χ2v) is 6.56. The monoisotopic (exact) mass is 324 g/mol. The number of rotatable bonds is 7. The summed E-state index contributed by atoms with van der Waals surface area (Å²) in [4.78, 5) is 14.1. The quantitative estimate of drug-likeness (QED) is 0.830. The molecule has 2 rings (SSSR count). The van der Waals surface area contributed by atoms with E-state index in [1.807, 2.05) is 38.4 Å². The van der Waals surface area contributed by atoms with E-state index >= 15 is 0 Å². The van der Waals surface area contributed by atoms with Crippen molar-refractivity contribution >= 4 is 17.7 Å². The highest BCUT2D eigenvalue weighted by atomic mass is 32.2. The molecule has 0 bridgehead atoms. The maximum atomic E-state index is 12.3. The van der Waals surface area contributed by atoms with E-state index in [1.165, 1.54) is 0 Å². The van der Waals surface area contributed by atoms with E-state index in [4.69, 9.17) is 15.2 Å². The first-order valence-electron chi connectivity index (χ1n) is 7.42. The summed E-state index contributed by atoms with van der Waals surface area (Å²) >= 11 is 1.70. The maximum absolute atomic E-state index is 12.3. The number of hydrogen-bond acceptors (Lipinski definition) is 5. The molecule has 0 radical (unpaired) electrons. The van der Waals surface area contributed by atoms with Gasteiger partial charge in [-0.25, -0.2) is 0 Å². The molecule has 1 amide bonds. The van der Waals surface area contributed by atoms with Crippen LogP contribution in [0.1, 0.15) is 18.9 Å². The number of benzene rings is 1. The minimum atomic E-state index is -0.420. The lowest BCUT2D eigenvalue weighted by Gasteiger charge is -2.27. The average Bonchev–Trinajstić information content (AvgIpc) is 2.98. The zero-order valence-electron chi connectivity index (χ0n) is 13.4. The molecule has 22 heavy (non-hydrogen) atoms. The zero-order chi connectivity index (χ0) is 16.1. The number of ether oxygens (including phenoxy) is 2. The minimum absolute atomic E-state index is 0.00212. The number of likely N-dealkylation sites (N-methyl/N-ethyl adjacent to an activating group) is 1. The second kappa shape index (κ2) is 7.74. The van der Waals surface area contributed by atoms with Gasteiger partial charge in [0.1, 0.15) is 0 Å². The molecular formula is C16H24N2O3S. The van der Waals surface area contributed by atoms with Gasteiger partial charge in [0, 0.05) is 13.1 Å². The third-order valence-corrected chi connectivity index (χ3v) is 4.57. The van der Waals surface area contributed by atoms with Crippen LogP contribution in [0.5, 0.6) is 11.5 Å². The zero-order valence-corrected chi connectivity index (χ0v) is 14.2. The fraction of sp³-hybridized carbons (Fsp3) is 0.562. The van der Waals surface area contributed by atoms with E-state index in [1.54, 1.807) is 16.7 Å². The fourth-order valence-corrected chi connectivity index (χ4v) is 2.88. The molecule has 2 atom stereocenters. The van der Waals surface area contributed by atoms with Crippen LogP contribution in [0.25, 0.3) is 0 Å². The first-order chi connectivity index (χ1) is 10.5. The Morgan fingerprint density at radius 1 is 1.41 bits per heavy atom. The molecule has 1 aromatic rings. The van der Waals surface area contributed by atoms with E-state index in [9.17, 15) is 4.79 Å². The van der Waals surface area contributed by atoms with Gasteiger partial charge in [0.2, 0.25) is 12.7 Å². The van der Waals surface area contributed by atoms with E-state index < -0.39 is 6.04 Å². The SMILES string of the molecule is CSCC[C@H](N)C(=O)N(C)[C@H](C)Cc1ccc2c(c1)OCO2. The van der Waals surface area contributed by atoms with Crippen LogP contribution in [0.3, 0.4) is 0 Å². The highest BCUT2D eigenvalue weighted by molar-refractivity contribution is 7.98. The molecule has 0 aliphatic carbocycles. The average molecular weight is 324 g/mol. The molecule has 5 nitrogen and oxygen atoms in total. The molecule has 0 aromatic heterocycles. The summed E-state index contributed by atoms with van der Waals surface area (Å²) in [5.41, 5.74) is 7.09. The highest BCUT2D eigenvalue weighted by Crippen LogP contribution is 2.32. The van der Waals surface area contributed by atoms with Crippen LogP contribution >= 0.6 is 11.8 Å². The van der Waals surface area contributed by atoms with Crippen molar-refractivity contribution in [2.45, 2.75) is 31.8 Å². The topological polar surface area (TPSA) is 64.8 Å². The third-order valence-electron chi connectivity index (χ3n) is 3.93. The van der Waals surface area contributed by atoms with E-state index in [0.717, 1.165) is 29.2 Å². The van der Waals surface area contributed by atoms with Crippen LogP contribution < -0.4 is 15.2 Å². The molecular weight excluding hydrogens is 300 g/mol. The van der Waals surface area contributed by atoms with Gasteiger partial charge < -0.3 is 20.1 Å². The number of thioether (sulfide) groups is 1. The molecule has 0 saturated heterocycles. The van der Waals surface area contributed by atoms with Crippen LogP contribution in [-0.4, -0.2) is 48.7 Å². The van der Waals surface area contributed by atoms with Gasteiger partial charge in [0.25, 0.3) is 0 Å². The van der Waals surface area contributed by atoms with Gasteiger partial charge in [-0.05, 0) is 49.5 Å². The predicted octanol–water partition coefficient (Wildman–Crippen LogP) is 1.89. The molecule has 0 unspecified atom stereocenters. The van der Waals surface area contributed by atoms with Gasteiger partial charge >= 0.3 is 0 Å². The lowest BCUT2D eigenvalue weighted by atomic mass is 10.0. The summed E-state index contributed by atoms with van der Waals surface area (Å²) in [6, 6.07) is 5.56. The van der Waals surface area contributed by atoms with Crippen molar-refractivity contribution in [2.75, 3.05) is 25.8 Å². The molecule has 1 heterocycles. The smallest absolute Gasteiger partial charge is 0.239 e. The summed E-state index contributed by atoms with van der Waals surface area (Å²) in [6.07, 6.45) is 3.48. The summed E-state index contributed by atoms with van der Waals surface area (Å²) in [6.45, 7) is 2.31. The van der Waals surface area contributed by atoms with Crippen molar-refractivity contribution in [3.8, 4) is 11.5 Å². The number of fused-ring (bicyclic) bond motifs is 1. The Morgan fingerprint density at radius 3 is 2.86 bits per heavy atom. The number of nitrogens with two attached hydrogens (primary N) is 1. The van der Waals surface area contributed by atoms with Gasteiger partial charge in [-0.3, -0.25) is 4.79 Å². The second-order valence-electron chi connectivity index (χ2n) is 5.58. The number of carbonyl (C=O) groups excluding carboxylic acids is 1. The molecule has 0 saturated carbocycles. The lowest BCUT2D eigenvalue weighted by molar-refractivity contribution is -0.133. The van der Waals surface area contributed by atoms with Crippen LogP contribution in [-0.2, 0) is 11.2 Å². The van der Waals surface area contributed by atoms with Gasteiger partial charge in [-0.2, -0.15) is 11.8 Å². The van der Waals surface area contributed by atoms with Crippen molar-refractivity contribution in [1.29, 1.82) is 0 Å². The van der Waals surface area contributed by atoms with E-state index in [-0.39, 0.29) is 18.7 Å². The fourth-order valence-electron chi connectivity index (χ4n) is 2.39. The molecule has 122 valence electrons. The van der Waals surface area contributed by atoms with Gasteiger partial charge in [0.15, 0.2) is 11.5 Å². The normalized spacial score (nSPS) is 15.5. The van der Waals surface area contributed by atoms with Crippen molar-refractivity contribution < 1.29 is 14.3 Å². The minimum Gasteiger partial charge on any atom is -0.454 e. The summed E-state index contributed by atoms with van der Waals surface area (Å²) in [5, 5.41) is 0. The standard InChI is InChI=1S/C16H24N2O3S/c1-11(18(2)16(19)13(17)6-7-22-3)8-12-4-5-14-15(9-12)21-10-20-14/h4-5,9,11,13H,6-8,10,17H2,1-3H3/t11-,13+/m1/s1. The van der Waals surface area contributed by atoms with Crippen molar-refractivity contribution in [3.63, 3.8) is 0 Å². The maximum Gasteiger partial charge on any atom is 0.239 e.